The van der Waals surface area contributed by atoms with E-state index in [4.69, 9.17) is 18.9 Å². The smallest absolute Gasteiger partial charge is 0.186 e. The Morgan fingerprint density at radius 1 is 0.857 bits per heavy atom. The van der Waals surface area contributed by atoms with Gasteiger partial charge in [0.25, 0.3) is 0 Å². The van der Waals surface area contributed by atoms with Crippen molar-refractivity contribution in [1.29, 1.82) is 0 Å². The zero-order valence-corrected chi connectivity index (χ0v) is 9.52. The average molecular weight is 204 g/mol. The lowest BCUT2D eigenvalue weighted by molar-refractivity contribution is -0.281. The second kappa shape index (κ2) is 5.07. The highest BCUT2D eigenvalue weighted by atomic mass is 16.7. The maximum Gasteiger partial charge on any atom is 0.186 e. The second-order valence-electron chi connectivity index (χ2n) is 3.71. The molecule has 1 aliphatic heterocycles. The van der Waals surface area contributed by atoms with Crippen molar-refractivity contribution in [2.24, 2.45) is 5.92 Å². The van der Waals surface area contributed by atoms with E-state index in [1.165, 1.54) is 0 Å². The maximum atomic E-state index is 5.66. The van der Waals surface area contributed by atoms with Gasteiger partial charge in [0.15, 0.2) is 6.29 Å². The Morgan fingerprint density at radius 3 is 1.86 bits per heavy atom. The fourth-order valence-electron chi connectivity index (χ4n) is 1.92. The van der Waals surface area contributed by atoms with Gasteiger partial charge in [0, 0.05) is 27.2 Å². The SMILES string of the molecule is COC1OC(C)C(C)C(OC)C1OC. The van der Waals surface area contributed by atoms with Crippen LogP contribution in [0.15, 0.2) is 0 Å². The Morgan fingerprint density at radius 2 is 1.43 bits per heavy atom. The van der Waals surface area contributed by atoms with Crippen molar-refractivity contribution in [2.75, 3.05) is 21.3 Å². The standard InChI is InChI=1S/C10H20O4/c1-6-7(2)14-10(13-5)9(12-4)8(6)11-3/h6-10H,1-5H3. The molecule has 1 fully saturated rings. The molecule has 5 unspecified atom stereocenters. The van der Waals surface area contributed by atoms with Crippen LogP contribution in [0.4, 0.5) is 0 Å². The van der Waals surface area contributed by atoms with E-state index in [0.29, 0.717) is 5.92 Å². The molecule has 1 heterocycles. The van der Waals surface area contributed by atoms with Crippen molar-refractivity contribution in [3.8, 4) is 0 Å². The Hall–Kier alpha value is -0.160. The fraction of sp³-hybridized carbons (Fsp3) is 1.00. The van der Waals surface area contributed by atoms with Gasteiger partial charge in [-0.25, -0.2) is 0 Å². The van der Waals surface area contributed by atoms with Crippen LogP contribution in [0.25, 0.3) is 0 Å². The number of hydrogen-bond donors (Lipinski definition) is 0. The minimum atomic E-state index is -0.337. The summed E-state index contributed by atoms with van der Waals surface area (Å²) in [6, 6.07) is 0. The number of ether oxygens (including phenoxy) is 4. The first-order chi connectivity index (χ1) is 6.65. The summed E-state index contributed by atoms with van der Waals surface area (Å²) in [4.78, 5) is 0. The van der Waals surface area contributed by atoms with Gasteiger partial charge in [-0.15, -0.1) is 0 Å². The van der Waals surface area contributed by atoms with Crippen LogP contribution in [0.3, 0.4) is 0 Å². The Kier molecular flexibility index (Phi) is 4.31. The van der Waals surface area contributed by atoms with E-state index in [1.54, 1.807) is 21.3 Å². The van der Waals surface area contributed by atoms with E-state index in [2.05, 4.69) is 6.92 Å². The van der Waals surface area contributed by atoms with E-state index in [-0.39, 0.29) is 24.6 Å². The molecular weight excluding hydrogens is 184 g/mol. The third-order valence-corrected chi connectivity index (χ3v) is 2.98. The summed E-state index contributed by atoms with van der Waals surface area (Å²) in [5, 5.41) is 0. The third-order valence-electron chi connectivity index (χ3n) is 2.98. The van der Waals surface area contributed by atoms with Crippen LogP contribution in [0, 0.1) is 5.92 Å². The molecular formula is C10H20O4. The van der Waals surface area contributed by atoms with E-state index in [0.717, 1.165) is 0 Å². The van der Waals surface area contributed by atoms with Crippen LogP contribution in [0.1, 0.15) is 13.8 Å². The Balaban J connectivity index is 2.75. The summed E-state index contributed by atoms with van der Waals surface area (Å²) in [5.41, 5.74) is 0. The molecule has 1 saturated heterocycles. The summed E-state index contributed by atoms with van der Waals surface area (Å²) >= 11 is 0. The molecule has 5 atom stereocenters. The zero-order valence-electron chi connectivity index (χ0n) is 9.52. The highest BCUT2D eigenvalue weighted by Gasteiger charge is 2.42. The van der Waals surface area contributed by atoms with Crippen molar-refractivity contribution in [3.05, 3.63) is 0 Å². The first-order valence-corrected chi connectivity index (χ1v) is 4.89. The molecule has 0 aromatic carbocycles. The van der Waals surface area contributed by atoms with Crippen LogP contribution in [0.2, 0.25) is 0 Å². The predicted octanol–water partition coefficient (Wildman–Crippen LogP) is 1.04. The molecule has 1 aliphatic rings. The second-order valence-corrected chi connectivity index (χ2v) is 3.71. The highest BCUT2D eigenvalue weighted by molar-refractivity contribution is 4.86. The lowest BCUT2D eigenvalue weighted by Gasteiger charge is -2.42. The minimum absolute atomic E-state index is 0.0219. The molecule has 0 amide bonds. The normalized spacial score (nSPS) is 43.9. The molecule has 0 aliphatic carbocycles. The van der Waals surface area contributed by atoms with Crippen LogP contribution in [0.5, 0.6) is 0 Å². The summed E-state index contributed by atoms with van der Waals surface area (Å²) in [5.74, 6) is 0.302. The maximum absolute atomic E-state index is 5.66. The van der Waals surface area contributed by atoms with E-state index in [1.807, 2.05) is 6.92 Å². The molecule has 0 aromatic heterocycles. The molecule has 4 nitrogen and oxygen atoms in total. The summed E-state index contributed by atoms with van der Waals surface area (Å²) in [6.07, 6.45) is -0.350. The molecule has 84 valence electrons. The summed E-state index contributed by atoms with van der Waals surface area (Å²) in [7, 11) is 4.96. The van der Waals surface area contributed by atoms with Gasteiger partial charge in [-0.3, -0.25) is 0 Å². The number of methoxy groups -OCH3 is 3. The average Bonchev–Trinajstić information content (AvgIpc) is 2.20. The molecule has 4 heteroatoms. The monoisotopic (exact) mass is 204 g/mol. The third kappa shape index (κ3) is 2.08. The summed E-state index contributed by atoms with van der Waals surface area (Å²) < 4.78 is 21.6. The largest absolute Gasteiger partial charge is 0.378 e. The lowest BCUT2D eigenvalue weighted by Crippen LogP contribution is -2.54. The van der Waals surface area contributed by atoms with E-state index in [9.17, 15) is 0 Å². The van der Waals surface area contributed by atoms with Gasteiger partial charge < -0.3 is 18.9 Å². The van der Waals surface area contributed by atoms with Crippen LogP contribution < -0.4 is 0 Å². The van der Waals surface area contributed by atoms with Crippen molar-refractivity contribution >= 4 is 0 Å². The van der Waals surface area contributed by atoms with Crippen LogP contribution in [-0.4, -0.2) is 45.9 Å². The van der Waals surface area contributed by atoms with Crippen molar-refractivity contribution < 1.29 is 18.9 Å². The van der Waals surface area contributed by atoms with Gasteiger partial charge in [0.05, 0.1) is 12.2 Å². The Bertz CT molecular complexity index is 170. The predicted molar refractivity (Wildman–Crippen MR) is 52.1 cm³/mol. The van der Waals surface area contributed by atoms with Gasteiger partial charge in [0.2, 0.25) is 0 Å². The number of hydrogen-bond acceptors (Lipinski definition) is 4. The van der Waals surface area contributed by atoms with Gasteiger partial charge in [0.1, 0.15) is 6.10 Å². The lowest BCUT2D eigenvalue weighted by atomic mass is 9.91. The van der Waals surface area contributed by atoms with Crippen molar-refractivity contribution in [3.63, 3.8) is 0 Å². The topological polar surface area (TPSA) is 36.9 Å². The molecule has 0 radical (unpaired) electrons. The minimum Gasteiger partial charge on any atom is -0.378 e. The summed E-state index contributed by atoms with van der Waals surface area (Å²) in [6.45, 7) is 4.12. The first kappa shape index (κ1) is 11.9. The highest BCUT2D eigenvalue weighted by Crippen LogP contribution is 2.29. The van der Waals surface area contributed by atoms with Gasteiger partial charge >= 0.3 is 0 Å². The Labute approximate surface area is 85.5 Å². The molecule has 0 spiro atoms. The van der Waals surface area contributed by atoms with Crippen molar-refractivity contribution in [1.82, 2.24) is 0 Å². The van der Waals surface area contributed by atoms with Gasteiger partial charge in [-0.1, -0.05) is 6.92 Å². The van der Waals surface area contributed by atoms with Crippen LogP contribution >= 0.6 is 0 Å². The van der Waals surface area contributed by atoms with E-state index < -0.39 is 0 Å². The first-order valence-electron chi connectivity index (χ1n) is 4.89. The molecule has 1 rings (SSSR count). The zero-order chi connectivity index (χ0) is 10.7. The van der Waals surface area contributed by atoms with E-state index >= 15 is 0 Å². The fourth-order valence-corrected chi connectivity index (χ4v) is 1.92. The molecule has 0 aromatic rings. The van der Waals surface area contributed by atoms with Gasteiger partial charge in [-0.2, -0.15) is 0 Å². The molecule has 14 heavy (non-hydrogen) atoms. The number of rotatable bonds is 3. The molecule has 0 saturated carbocycles. The molecule has 0 N–H and O–H groups in total. The van der Waals surface area contributed by atoms with Crippen molar-refractivity contribution in [2.45, 2.75) is 38.4 Å². The quantitative estimate of drug-likeness (QED) is 0.688. The van der Waals surface area contributed by atoms with Crippen LogP contribution in [-0.2, 0) is 18.9 Å². The van der Waals surface area contributed by atoms with Gasteiger partial charge in [-0.05, 0) is 6.92 Å². The molecule has 0 bridgehead atoms.